The van der Waals surface area contributed by atoms with E-state index < -0.39 is 11.3 Å². The average Bonchev–Trinajstić information content (AvgIpc) is 3.63. The van der Waals surface area contributed by atoms with Gasteiger partial charge >= 0.3 is 0 Å². The molecule has 0 spiro atoms. The number of ether oxygens (including phenoxy) is 3. The topological polar surface area (TPSA) is 131 Å². The number of carbonyl (C=O) groups excluding carboxylic acids is 3. The van der Waals surface area contributed by atoms with Crippen molar-refractivity contribution in [3.05, 3.63) is 77.9 Å². The SMILES string of the molecule is CCC(SC1=Nc2ccccc2C2=NC(CC(=O)NCc3ccccc3OC)C(=O)N12)C(=O)Nc1ccc2c(c1)OCO2. The van der Waals surface area contributed by atoms with Crippen LogP contribution < -0.4 is 24.8 Å². The molecule has 3 aromatic rings. The fraction of sp³-hybridized carbons (Fsp3) is 0.258. The van der Waals surface area contributed by atoms with Crippen molar-refractivity contribution in [3.8, 4) is 17.2 Å². The Labute approximate surface area is 252 Å². The molecule has 0 saturated heterocycles. The van der Waals surface area contributed by atoms with Crippen LogP contribution in [0.15, 0.2) is 76.7 Å². The highest BCUT2D eigenvalue weighted by atomic mass is 32.2. The molecule has 0 radical (unpaired) electrons. The van der Waals surface area contributed by atoms with Crippen LogP contribution in [0, 0.1) is 0 Å². The van der Waals surface area contributed by atoms with Gasteiger partial charge in [-0.15, -0.1) is 0 Å². The van der Waals surface area contributed by atoms with Gasteiger partial charge < -0.3 is 24.8 Å². The molecule has 0 bridgehead atoms. The van der Waals surface area contributed by atoms with Gasteiger partial charge in [0.25, 0.3) is 5.91 Å². The van der Waals surface area contributed by atoms with Gasteiger partial charge in [-0.05, 0) is 36.8 Å². The number of benzene rings is 3. The van der Waals surface area contributed by atoms with Gasteiger partial charge in [-0.2, -0.15) is 0 Å². The van der Waals surface area contributed by atoms with Gasteiger partial charge in [0.05, 0.1) is 24.5 Å². The highest BCUT2D eigenvalue weighted by Crippen LogP contribution is 2.37. The number of thioether (sulfide) groups is 1. The van der Waals surface area contributed by atoms with E-state index in [2.05, 4.69) is 15.6 Å². The number of nitrogens with zero attached hydrogens (tertiary/aromatic N) is 3. The Hall–Kier alpha value is -4.84. The number of hydrogen-bond donors (Lipinski definition) is 2. The van der Waals surface area contributed by atoms with Crippen molar-refractivity contribution in [3.63, 3.8) is 0 Å². The lowest BCUT2D eigenvalue weighted by molar-refractivity contribution is -0.128. The zero-order chi connectivity index (χ0) is 29.9. The lowest BCUT2D eigenvalue weighted by Gasteiger charge is -2.27. The van der Waals surface area contributed by atoms with Gasteiger partial charge in [0.15, 0.2) is 16.7 Å². The second-order valence-corrected chi connectivity index (χ2v) is 11.1. The third kappa shape index (κ3) is 5.78. The van der Waals surface area contributed by atoms with Crippen LogP contribution >= 0.6 is 11.8 Å². The van der Waals surface area contributed by atoms with Crippen LogP contribution in [0.4, 0.5) is 11.4 Å². The minimum Gasteiger partial charge on any atom is -0.496 e. The van der Waals surface area contributed by atoms with E-state index >= 15 is 0 Å². The van der Waals surface area contributed by atoms with E-state index in [-0.39, 0.29) is 37.5 Å². The minimum atomic E-state index is -0.924. The van der Waals surface area contributed by atoms with E-state index in [1.165, 1.54) is 16.7 Å². The number of nitrogens with one attached hydrogen (secondary N) is 2. The summed E-state index contributed by atoms with van der Waals surface area (Å²) >= 11 is 1.19. The molecule has 0 aliphatic carbocycles. The molecule has 3 aliphatic rings. The first kappa shape index (κ1) is 28.3. The Morgan fingerprint density at radius 3 is 2.72 bits per heavy atom. The van der Waals surface area contributed by atoms with Crippen molar-refractivity contribution in [1.82, 2.24) is 10.2 Å². The molecule has 3 amide bonds. The highest BCUT2D eigenvalue weighted by molar-refractivity contribution is 8.15. The van der Waals surface area contributed by atoms with E-state index in [0.29, 0.717) is 51.6 Å². The van der Waals surface area contributed by atoms with Gasteiger partial charge in [-0.25, -0.2) is 9.89 Å². The van der Waals surface area contributed by atoms with Crippen molar-refractivity contribution in [2.24, 2.45) is 9.98 Å². The number of methoxy groups -OCH3 is 1. The lowest BCUT2D eigenvalue weighted by Crippen LogP contribution is -2.43. The maximum absolute atomic E-state index is 13.7. The molecule has 220 valence electrons. The maximum atomic E-state index is 13.7. The molecular formula is C31H29N5O6S. The molecule has 2 unspecified atom stereocenters. The smallest absolute Gasteiger partial charge is 0.259 e. The summed E-state index contributed by atoms with van der Waals surface area (Å²) in [5.41, 5.74) is 2.72. The number of fused-ring (bicyclic) bond motifs is 4. The molecule has 0 saturated carbocycles. The number of anilines is 1. The Balaban J connectivity index is 1.18. The molecule has 2 N–H and O–H groups in total. The lowest BCUT2D eigenvalue weighted by atomic mass is 10.1. The number of amidine groups is 2. The molecule has 0 aromatic heterocycles. The molecule has 12 heteroatoms. The molecule has 0 fully saturated rings. The van der Waals surface area contributed by atoms with Gasteiger partial charge in [0.1, 0.15) is 17.6 Å². The van der Waals surface area contributed by atoms with Crippen LogP contribution in [0.5, 0.6) is 17.2 Å². The summed E-state index contributed by atoms with van der Waals surface area (Å²) in [5.74, 6) is 1.35. The standard InChI is InChI=1S/C31H29N5O6S/c1-3-26(29(38)33-19-12-13-24-25(14-19)42-17-41-24)43-31-35-21-10-6-5-9-20(21)28-34-22(30(39)36(28)31)15-27(37)32-16-18-8-4-7-11-23(18)40-2/h4-14,22,26H,3,15-17H2,1-2H3,(H,32,37)(H,33,38). The van der Waals surface area contributed by atoms with Crippen molar-refractivity contribution >= 4 is 51.9 Å². The van der Waals surface area contributed by atoms with Crippen molar-refractivity contribution in [2.75, 3.05) is 19.2 Å². The summed E-state index contributed by atoms with van der Waals surface area (Å²) in [4.78, 5) is 50.8. The zero-order valence-corrected chi connectivity index (χ0v) is 24.3. The van der Waals surface area contributed by atoms with Crippen molar-refractivity contribution in [1.29, 1.82) is 0 Å². The van der Waals surface area contributed by atoms with Crippen LogP contribution in [-0.4, -0.2) is 58.8 Å². The Morgan fingerprint density at radius 1 is 1.09 bits per heavy atom. The fourth-order valence-electron chi connectivity index (χ4n) is 4.95. The summed E-state index contributed by atoms with van der Waals surface area (Å²) in [6.07, 6.45) is 0.348. The van der Waals surface area contributed by atoms with E-state index in [9.17, 15) is 14.4 Å². The molecule has 43 heavy (non-hydrogen) atoms. The molecule has 3 aliphatic heterocycles. The Morgan fingerprint density at radius 2 is 1.88 bits per heavy atom. The third-order valence-corrected chi connectivity index (χ3v) is 8.46. The predicted octanol–water partition coefficient (Wildman–Crippen LogP) is 4.24. The minimum absolute atomic E-state index is 0.129. The summed E-state index contributed by atoms with van der Waals surface area (Å²) in [6, 6.07) is 19.1. The Bertz CT molecular complexity index is 1660. The average molecular weight is 600 g/mol. The van der Waals surface area contributed by atoms with Gasteiger partial charge in [-0.3, -0.25) is 19.4 Å². The number of aliphatic imine (C=N–C) groups is 2. The van der Waals surface area contributed by atoms with E-state index in [4.69, 9.17) is 19.2 Å². The molecule has 11 nitrogen and oxygen atoms in total. The molecule has 2 atom stereocenters. The van der Waals surface area contributed by atoms with Crippen LogP contribution in [0.2, 0.25) is 0 Å². The number of para-hydroxylation sites is 2. The van der Waals surface area contributed by atoms with Crippen LogP contribution in [0.25, 0.3) is 0 Å². The number of carbonyl (C=O) groups is 3. The number of rotatable bonds is 9. The first-order valence-electron chi connectivity index (χ1n) is 13.8. The quantitative estimate of drug-likeness (QED) is 0.376. The van der Waals surface area contributed by atoms with Crippen molar-refractivity contribution < 1.29 is 28.6 Å². The predicted molar refractivity (Wildman–Crippen MR) is 163 cm³/mol. The number of hydrogen-bond acceptors (Lipinski definition) is 9. The van der Waals surface area contributed by atoms with Gasteiger partial charge in [-0.1, -0.05) is 49.0 Å². The van der Waals surface area contributed by atoms with E-state index in [1.807, 2.05) is 55.5 Å². The third-order valence-electron chi connectivity index (χ3n) is 7.15. The monoisotopic (exact) mass is 599 g/mol. The number of amides is 3. The second-order valence-electron chi connectivity index (χ2n) is 9.92. The van der Waals surface area contributed by atoms with E-state index in [0.717, 1.165) is 5.56 Å². The second kappa shape index (κ2) is 12.2. The zero-order valence-electron chi connectivity index (χ0n) is 23.5. The first-order valence-corrected chi connectivity index (χ1v) is 14.7. The molecular weight excluding hydrogens is 570 g/mol. The van der Waals surface area contributed by atoms with Gasteiger partial charge in [0, 0.05) is 29.4 Å². The summed E-state index contributed by atoms with van der Waals surface area (Å²) in [5, 5.41) is 5.57. The van der Waals surface area contributed by atoms with Crippen LogP contribution in [-0.2, 0) is 20.9 Å². The normalized spacial score (nSPS) is 16.9. The molecule has 3 aromatic carbocycles. The van der Waals surface area contributed by atoms with Gasteiger partial charge in [0.2, 0.25) is 18.6 Å². The highest BCUT2D eigenvalue weighted by Gasteiger charge is 2.43. The van der Waals surface area contributed by atoms with Crippen LogP contribution in [0.1, 0.15) is 30.9 Å². The Kier molecular flexibility index (Phi) is 8.01. The summed E-state index contributed by atoms with van der Waals surface area (Å²) in [6.45, 7) is 2.29. The van der Waals surface area contributed by atoms with Crippen LogP contribution in [0.3, 0.4) is 0 Å². The summed E-state index contributed by atoms with van der Waals surface area (Å²) in [7, 11) is 1.57. The fourth-order valence-corrected chi connectivity index (χ4v) is 5.97. The first-order chi connectivity index (χ1) is 20.9. The maximum Gasteiger partial charge on any atom is 0.259 e. The summed E-state index contributed by atoms with van der Waals surface area (Å²) < 4.78 is 16.1. The van der Waals surface area contributed by atoms with E-state index in [1.54, 1.807) is 25.3 Å². The molecule has 3 heterocycles. The van der Waals surface area contributed by atoms with Crippen molar-refractivity contribution in [2.45, 2.75) is 37.6 Å². The molecule has 6 rings (SSSR count). The largest absolute Gasteiger partial charge is 0.496 e.